The van der Waals surface area contributed by atoms with Gasteiger partial charge in [-0.15, -0.1) is 0 Å². The van der Waals surface area contributed by atoms with Crippen molar-refractivity contribution in [1.29, 1.82) is 0 Å². The summed E-state index contributed by atoms with van der Waals surface area (Å²) >= 11 is 5.42. The Hall–Kier alpha value is -1.64. The average Bonchev–Trinajstić information content (AvgIpc) is 3.47. The van der Waals surface area contributed by atoms with Crippen molar-refractivity contribution in [2.24, 2.45) is 39.7 Å². The number of carbonyl (C=O) groups excluding carboxylic acids is 2. The topological polar surface area (TPSA) is 91.2 Å². The molecule has 210 valence electrons. The summed E-state index contributed by atoms with van der Waals surface area (Å²) in [4.78, 5) is 33.0. The third-order valence-corrected chi connectivity index (χ3v) is 11.7. The van der Waals surface area contributed by atoms with Gasteiger partial charge in [-0.3, -0.25) is 9.63 Å². The number of rotatable bonds is 7. The summed E-state index contributed by atoms with van der Waals surface area (Å²) in [6.07, 6.45) is 11.7. The highest BCUT2D eigenvalue weighted by molar-refractivity contribution is 7.80. The molecule has 0 aromatic rings. The molecule has 0 radical (unpaired) electrons. The van der Waals surface area contributed by atoms with Crippen LogP contribution in [0.2, 0.25) is 0 Å². The molecule has 4 aliphatic carbocycles. The van der Waals surface area contributed by atoms with Crippen LogP contribution in [-0.2, 0) is 9.63 Å². The molecule has 0 bridgehead atoms. The van der Waals surface area contributed by atoms with Gasteiger partial charge in [0.1, 0.15) is 0 Å². The molecule has 7 atom stereocenters. The number of thiocarbonyl (C=S) groups is 1. The summed E-state index contributed by atoms with van der Waals surface area (Å²) in [6.45, 7) is 8.35. The number of aliphatic hydroxyl groups is 1. The Balaban J connectivity index is 1.23. The Kier molecular flexibility index (Phi) is 8.14. The Morgan fingerprint density at radius 1 is 1.16 bits per heavy atom. The molecule has 5 rings (SSSR count). The summed E-state index contributed by atoms with van der Waals surface area (Å²) in [6, 6.07) is 0.137. The lowest BCUT2D eigenvalue weighted by atomic mass is 9.46. The SMILES string of the molecule is C/C(=N\OC(=O)N(CCO)CCC1NCCC1=S)[C@H]1CC[C@H]2[C@@H]3CCC4=CC(=O)CC[C@]4(C)[C@H]3CC[C@]12C. The molecule has 5 aliphatic rings. The Bertz CT molecular complexity index is 1030. The van der Waals surface area contributed by atoms with Gasteiger partial charge < -0.3 is 15.3 Å². The zero-order valence-corrected chi connectivity index (χ0v) is 24.2. The monoisotopic (exact) mass is 543 g/mol. The minimum atomic E-state index is -0.503. The molecule has 38 heavy (non-hydrogen) atoms. The molecule has 0 aromatic heterocycles. The number of hydrogen-bond acceptors (Lipinski definition) is 7. The summed E-state index contributed by atoms with van der Waals surface area (Å²) in [5.74, 6) is 2.63. The second-order valence-electron chi connectivity index (χ2n) is 13.0. The first-order chi connectivity index (χ1) is 18.2. The smallest absolute Gasteiger partial charge is 0.395 e. The van der Waals surface area contributed by atoms with Crippen molar-refractivity contribution in [2.45, 2.75) is 91.0 Å². The van der Waals surface area contributed by atoms with Crippen molar-refractivity contribution in [3.63, 3.8) is 0 Å². The van der Waals surface area contributed by atoms with Crippen LogP contribution >= 0.6 is 12.2 Å². The highest BCUT2D eigenvalue weighted by Gasteiger charge is 2.59. The molecule has 3 saturated carbocycles. The van der Waals surface area contributed by atoms with Gasteiger partial charge in [0.05, 0.1) is 12.3 Å². The fourth-order valence-electron chi connectivity index (χ4n) is 9.10. The minimum Gasteiger partial charge on any atom is -0.395 e. The molecule has 1 saturated heterocycles. The average molecular weight is 544 g/mol. The van der Waals surface area contributed by atoms with Crippen molar-refractivity contribution in [1.82, 2.24) is 10.2 Å². The van der Waals surface area contributed by atoms with Gasteiger partial charge >= 0.3 is 6.09 Å². The Morgan fingerprint density at radius 2 is 1.97 bits per heavy atom. The fraction of sp³-hybridized carbons (Fsp3) is 0.800. The number of carbonyl (C=O) groups is 2. The second-order valence-corrected chi connectivity index (χ2v) is 13.5. The molecule has 0 spiro atoms. The quantitative estimate of drug-likeness (QED) is 0.202. The predicted octanol–water partition coefficient (Wildman–Crippen LogP) is 5.06. The molecule has 1 amide bonds. The van der Waals surface area contributed by atoms with Crippen LogP contribution in [0.15, 0.2) is 16.8 Å². The van der Waals surface area contributed by atoms with E-state index in [9.17, 15) is 14.7 Å². The zero-order valence-electron chi connectivity index (χ0n) is 23.3. The van der Waals surface area contributed by atoms with Gasteiger partial charge in [-0.1, -0.05) is 36.8 Å². The van der Waals surface area contributed by atoms with Crippen molar-refractivity contribution >= 4 is 34.7 Å². The van der Waals surface area contributed by atoms with E-state index in [1.165, 1.54) is 29.7 Å². The summed E-state index contributed by atoms with van der Waals surface area (Å²) in [5.41, 5.74) is 2.67. The Morgan fingerprint density at radius 3 is 2.71 bits per heavy atom. The van der Waals surface area contributed by atoms with E-state index in [-0.39, 0.29) is 30.0 Å². The third kappa shape index (κ3) is 5.01. The molecular formula is C30H45N3O4S. The van der Waals surface area contributed by atoms with Crippen molar-refractivity contribution in [3.8, 4) is 0 Å². The Labute approximate surface area is 232 Å². The van der Waals surface area contributed by atoms with E-state index >= 15 is 0 Å². The van der Waals surface area contributed by atoms with E-state index in [1.807, 2.05) is 13.0 Å². The molecule has 1 unspecified atom stereocenters. The normalized spacial score (nSPS) is 38.8. The number of nitrogens with one attached hydrogen (secondary N) is 1. The minimum absolute atomic E-state index is 0.116. The largest absolute Gasteiger partial charge is 0.436 e. The number of aliphatic hydroxyl groups excluding tert-OH is 1. The first-order valence-corrected chi connectivity index (χ1v) is 15.2. The number of hydrogen-bond donors (Lipinski definition) is 2. The highest BCUT2D eigenvalue weighted by atomic mass is 32.1. The highest BCUT2D eigenvalue weighted by Crippen LogP contribution is 2.66. The molecule has 1 aliphatic heterocycles. The van der Waals surface area contributed by atoms with Gasteiger partial charge in [-0.25, -0.2) is 4.79 Å². The third-order valence-electron chi connectivity index (χ3n) is 11.2. The van der Waals surface area contributed by atoms with Crippen LogP contribution in [0.25, 0.3) is 0 Å². The molecular weight excluding hydrogens is 498 g/mol. The number of ketones is 1. The maximum atomic E-state index is 12.9. The van der Waals surface area contributed by atoms with Crippen LogP contribution in [0.3, 0.4) is 0 Å². The van der Waals surface area contributed by atoms with Gasteiger partial charge in [-0.05, 0) is 99.4 Å². The van der Waals surface area contributed by atoms with E-state index in [0.717, 1.165) is 49.2 Å². The standard InChI is InChI=1S/C30H45N3O4S/c1-19(32-37-28(36)33(16-17-34)15-11-26-27(38)10-14-31-26)23-6-7-24-22-5-4-20-18-21(35)8-12-29(20,2)25(22)9-13-30(23,24)3/h18,22-26,31,34H,4-17H2,1-3H3/b32-19+/t22-,23+,24-,25-,26?,29-,30+/m0/s1. The lowest BCUT2D eigenvalue weighted by Crippen LogP contribution is -2.51. The number of oxime groups is 1. The van der Waals surface area contributed by atoms with Crippen LogP contribution < -0.4 is 5.32 Å². The molecule has 0 aromatic carbocycles. The fourth-order valence-corrected chi connectivity index (χ4v) is 9.40. The van der Waals surface area contributed by atoms with E-state index in [2.05, 4.69) is 24.3 Å². The molecule has 4 fully saturated rings. The van der Waals surface area contributed by atoms with Crippen LogP contribution in [0.5, 0.6) is 0 Å². The maximum Gasteiger partial charge on any atom is 0.436 e. The first kappa shape index (κ1) is 27.9. The maximum absolute atomic E-state index is 12.9. The summed E-state index contributed by atoms with van der Waals surface area (Å²) in [5, 5.41) is 17.3. The van der Waals surface area contributed by atoms with Gasteiger partial charge in [0, 0.05) is 42.9 Å². The van der Waals surface area contributed by atoms with Gasteiger partial charge in [0.2, 0.25) is 0 Å². The molecule has 2 N–H and O–H groups in total. The first-order valence-electron chi connectivity index (χ1n) is 14.8. The van der Waals surface area contributed by atoms with Crippen molar-refractivity contribution in [2.75, 3.05) is 26.2 Å². The van der Waals surface area contributed by atoms with Crippen LogP contribution in [0, 0.1) is 34.5 Å². The predicted molar refractivity (Wildman–Crippen MR) is 152 cm³/mol. The van der Waals surface area contributed by atoms with Gasteiger partial charge in [0.25, 0.3) is 0 Å². The van der Waals surface area contributed by atoms with Crippen molar-refractivity contribution < 1.29 is 19.5 Å². The van der Waals surface area contributed by atoms with Gasteiger partial charge in [-0.2, -0.15) is 0 Å². The summed E-state index contributed by atoms with van der Waals surface area (Å²) < 4.78 is 0. The lowest BCUT2D eigenvalue weighted by Gasteiger charge is -2.58. The van der Waals surface area contributed by atoms with E-state index in [0.29, 0.717) is 48.8 Å². The molecule has 1 heterocycles. The van der Waals surface area contributed by atoms with Crippen LogP contribution in [-0.4, -0.2) is 64.7 Å². The molecule has 7 nitrogen and oxygen atoms in total. The number of nitrogens with zero attached hydrogens (tertiary/aromatic N) is 2. The number of amides is 1. The van der Waals surface area contributed by atoms with Crippen LogP contribution in [0.1, 0.15) is 85.0 Å². The number of allylic oxidation sites excluding steroid dienone is 1. The van der Waals surface area contributed by atoms with E-state index in [1.54, 1.807) is 0 Å². The lowest BCUT2D eigenvalue weighted by molar-refractivity contribution is -0.117. The number of fused-ring (bicyclic) bond motifs is 5. The van der Waals surface area contributed by atoms with Gasteiger partial charge in [0.15, 0.2) is 5.78 Å². The van der Waals surface area contributed by atoms with Crippen molar-refractivity contribution in [3.05, 3.63) is 11.6 Å². The summed E-state index contributed by atoms with van der Waals surface area (Å²) in [7, 11) is 0. The van der Waals surface area contributed by atoms with E-state index in [4.69, 9.17) is 17.1 Å². The van der Waals surface area contributed by atoms with Crippen LogP contribution in [0.4, 0.5) is 4.79 Å². The molecule has 8 heteroatoms. The van der Waals surface area contributed by atoms with E-state index < -0.39 is 6.09 Å². The zero-order chi connectivity index (χ0) is 27.1. The second kappa shape index (κ2) is 11.1.